The smallest absolute Gasteiger partial charge is 0.132 e. The molecule has 0 aliphatic carbocycles. The molecule has 2 nitrogen and oxygen atoms in total. The molecule has 0 spiro atoms. The van der Waals surface area contributed by atoms with Gasteiger partial charge in [-0.25, -0.2) is 4.99 Å². The van der Waals surface area contributed by atoms with Crippen LogP contribution in [0.2, 0.25) is 0 Å². The van der Waals surface area contributed by atoms with E-state index in [9.17, 15) is 0 Å². The Morgan fingerprint density at radius 1 is 0.895 bits per heavy atom. The van der Waals surface area contributed by atoms with E-state index in [1.807, 2.05) is 26.1 Å². The van der Waals surface area contributed by atoms with Gasteiger partial charge in [0.05, 0.1) is 11.0 Å². The number of nitrogens with zero attached hydrogens (tertiary/aromatic N) is 2. The molecule has 94 valence electrons. The molecule has 3 aromatic rings. The molecule has 0 radical (unpaired) electrons. The van der Waals surface area contributed by atoms with Gasteiger partial charge in [0, 0.05) is 17.0 Å². The molecule has 2 heteroatoms. The summed E-state index contributed by atoms with van der Waals surface area (Å²) in [5.74, 6) is 0.958. The van der Waals surface area contributed by atoms with Crippen molar-refractivity contribution in [2.75, 3.05) is 0 Å². The Morgan fingerprint density at radius 2 is 1.42 bits per heavy atom. The van der Waals surface area contributed by atoms with Crippen LogP contribution < -0.4 is 0 Å². The highest BCUT2D eigenvalue weighted by molar-refractivity contribution is 6.10. The van der Waals surface area contributed by atoms with Crippen molar-refractivity contribution in [3.8, 4) is 0 Å². The van der Waals surface area contributed by atoms with E-state index in [2.05, 4.69) is 58.1 Å². The summed E-state index contributed by atoms with van der Waals surface area (Å²) in [5.41, 5.74) is 2.39. The molecule has 0 unspecified atom stereocenters. The van der Waals surface area contributed by atoms with E-state index in [-0.39, 0.29) is 0 Å². The lowest BCUT2D eigenvalue weighted by molar-refractivity contribution is 1.17. The molecular weight excluding hydrogens is 232 g/mol. The van der Waals surface area contributed by atoms with Crippen molar-refractivity contribution < 1.29 is 0 Å². The third-order valence-corrected chi connectivity index (χ3v) is 3.33. The van der Waals surface area contributed by atoms with Crippen molar-refractivity contribution in [2.45, 2.75) is 13.8 Å². The summed E-state index contributed by atoms with van der Waals surface area (Å²) in [4.78, 5) is 4.48. The minimum atomic E-state index is 0.958. The van der Waals surface area contributed by atoms with Crippen LogP contribution in [0.5, 0.6) is 0 Å². The number of rotatable bonds is 2. The van der Waals surface area contributed by atoms with E-state index >= 15 is 0 Å². The van der Waals surface area contributed by atoms with Crippen LogP contribution >= 0.6 is 0 Å². The molecule has 19 heavy (non-hydrogen) atoms. The predicted octanol–water partition coefficient (Wildman–Crippen LogP) is 4.70. The van der Waals surface area contributed by atoms with Gasteiger partial charge in [-0.15, -0.1) is 0 Å². The predicted molar refractivity (Wildman–Crippen MR) is 83.6 cm³/mol. The molecule has 0 aliphatic rings. The summed E-state index contributed by atoms with van der Waals surface area (Å²) in [6.45, 7) is 3.96. The van der Waals surface area contributed by atoms with Crippen molar-refractivity contribution in [2.24, 2.45) is 4.99 Å². The molecule has 0 atom stereocenters. The number of fused-ring (bicyclic) bond motifs is 3. The number of benzene rings is 2. The number of hydrogen-bond acceptors (Lipinski definition) is 1. The Labute approximate surface area is 112 Å². The lowest BCUT2D eigenvalue weighted by atomic mass is 10.2. The molecule has 0 fully saturated rings. The third kappa shape index (κ3) is 1.76. The first-order valence-corrected chi connectivity index (χ1v) is 6.50. The topological polar surface area (TPSA) is 17.3 Å². The molecule has 1 heterocycles. The molecule has 0 amide bonds. The molecule has 0 bridgehead atoms. The lowest BCUT2D eigenvalue weighted by Gasteiger charge is -2.07. The molecule has 0 aliphatic heterocycles. The SMILES string of the molecule is CC=N/C(=C\C)n1c2ccccc2c2ccccc21. The summed E-state index contributed by atoms with van der Waals surface area (Å²) >= 11 is 0. The van der Waals surface area contributed by atoms with Gasteiger partial charge in [0.15, 0.2) is 0 Å². The van der Waals surface area contributed by atoms with Gasteiger partial charge in [-0.05, 0) is 32.1 Å². The quantitative estimate of drug-likeness (QED) is 0.585. The van der Waals surface area contributed by atoms with Crippen LogP contribution in [0, 0.1) is 0 Å². The molecule has 0 N–H and O–H groups in total. The van der Waals surface area contributed by atoms with Crippen molar-refractivity contribution in [3.63, 3.8) is 0 Å². The monoisotopic (exact) mass is 248 g/mol. The van der Waals surface area contributed by atoms with Crippen LogP contribution in [0.4, 0.5) is 0 Å². The van der Waals surface area contributed by atoms with Crippen molar-refractivity contribution in [1.82, 2.24) is 4.57 Å². The van der Waals surface area contributed by atoms with Gasteiger partial charge in [-0.3, -0.25) is 4.57 Å². The Morgan fingerprint density at radius 3 is 1.89 bits per heavy atom. The molecule has 0 saturated carbocycles. The van der Waals surface area contributed by atoms with Crippen LogP contribution in [-0.2, 0) is 0 Å². The second kappa shape index (κ2) is 4.73. The Kier molecular flexibility index (Phi) is 2.92. The number of aromatic nitrogens is 1. The Bertz CT molecular complexity index is 738. The maximum atomic E-state index is 4.48. The first-order chi connectivity index (χ1) is 9.36. The zero-order valence-corrected chi connectivity index (χ0v) is 11.2. The first-order valence-electron chi connectivity index (χ1n) is 6.50. The fourth-order valence-corrected chi connectivity index (χ4v) is 2.56. The summed E-state index contributed by atoms with van der Waals surface area (Å²) < 4.78 is 2.21. The van der Waals surface area contributed by atoms with Gasteiger partial charge in [0.25, 0.3) is 0 Å². The standard InChI is InChI=1S/C17H16N2/c1-3-17(18-4-2)19-15-11-7-5-9-13(15)14-10-6-8-12-16(14)19/h3-12H,1-2H3/b17-3+,18-4?. The van der Waals surface area contributed by atoms with Crippen molar-refractivity contribution in [3.05, 3.63) is 54.6 Å². The highest BCUT2D eigenvalue weighted by Crippen LogP contribution is 2.31. The second-order valence-corrected chi connectivity index (χ2v) is 4.40. The zero-order valence-electron chi connectivity index (χ0n) is 11.2. The minimum Gasteiger partial charge on any atom is -0.294 e. The molecular formula is C17H16N2. The normalized spacial score (nSPS) is 12.8. The highest BCUT2D eigenvalue weighted by Gasteiger charge is 2.11. The van der Waals surface area contributed by atoms with Gasteiger partial charge >= 0.3 is 0 Å². The van der Waals surface area contributed by atoms with E-state index in [0.29, 0.717) is 0 Å². The maximum absolute atomic E-state index is 4.48. The lowest BCUT2D eigenvalue weighted by Crippen LogP contribution is -1.94. The van der Waals surface area contributed by atoms with Gasteiger partial charge in [0.1, 0.15) is 5.82 Å². The summed E-state index contributed by atoms with van der Waals surface area (Å²) in [5, 5.41) is 2.53. The van der Waals surface area contributed by atoms with E-state index in [1.165, 1.54) is 21.8 Å². The molecule has 3 rings (SSSR count). The molecule has 0 saturated heterocycles. The number of aliphatic imine (C=N–C) groups is 1. The van der Waals surface area contributed by atoms with Gasteiger partial charge in [0.2, 0.25) is 0 Å². The Hall–Kier alpha value is -2.35. The largest absolute Gasteiger partial charge is 0.294 e. The van der Waals surface area contributed by atoms with E-state index in [1.54, 1.807) is 0 Å². The van der Waals surface area contributed by atoms with Gasteiger partial charge in [-0.1, -0.05) is 36.4 Å². The van der Waals surface area contributed by atoms with E-state index in [4.69, 9.17) is 0 Å². The van der Waals surface area contributed by atoms with Crippen LogP contribution in [0.3, 0.4) is 0 Å². The number of para-hydroxylation sites is 2. The number of allylic oxidation sites excluding steroid dienone is 1. The van der Waals surface area contributed by atoms with Crippen LogP contribution in [0.15, 0.2) is 59.6 Å². The summed E-state index contributed by atoms with van der Waals surface area (Å²) in [6, 6.07) is 16.9. The summed E-state index contributed by atoms with van der Waals surface area (Å²) in [7, 11) is 0. The van der Waals surface area contributed by atoms with Crippen LogP contribution in [0.1, 0.15) is 13.8 Å². The number of hydrogen-bond donors (Lipinski definition) is 0. The fraction of sp³-hybridized carbons (Fsp3) is 0.118. The first kappa shape index (κ1) is 11.7. The average molecular weight is 248 g/mol. The second-order valence-electron chi connectivity index (χ2n) is 4.40. The minimum absolute atomic E-state index is 0.958. The highest BCUT2D eigenvalue weighted by atomic mass is 15.1. The third-order valence-electron chi connectivity index (χ3n) is 3.33. The fourth-order valence-electron chi connectivity index (χ4n) is 2.56. The Balaban J connectivity index is 2.50. The van der Waals surface area contributed by atoms with E-state index in [0.717, 1.165) is 5.82 Å². The van der Waals surface area contributed by atoms with Crippen molar-refractivity contribution >= 4 is 33.8 Å². The molecule has 1 aromatic heterocycles. The van der Waals surface area contributed by atoms with Gasteiger partial charge < -0.3 is 0 Å². The van der Waals surface area contributed by atoms with Gasteiger partial charge in [-0.2, -0.15) is 0 Å². The van der Waals surface area contributed by atoms with Crippen LogP contribution in [-0.4, -0.2) is 10.8 Å². The average Bonchev–Trinajstić information content (AvgIpc) is 2.80. The zero-order chi connectivity index (χ0) is 13.2. The van der Waals surface area contributed by atoms with E-state index < -0.39 is 0 Å². The maximum Gasteiger partial charge on any atom is 0.132 e. The van der Waals surface area contributed by atoms with Crippen LogP contribution in [0.25, 0.3) is 27.6 Å². The summed E-state index contributed by atoms with van der Waals surface area (Å²) in [6.07, 6.45) is 3.87. The molecule has 2 aromatic carbocycles. The van der Waals surface area contributed by atoms with Crippen molar-refractivity contribution in [1.29, 1.82) is 0 Å².